The molecule has 0 aliphatic carbocycles. The van der Waals surface area contributed by atoms with Crippen molar-refractivity contribution in [2.45, 2.75) is 46.5 Å². The molecule has 0 unspecified atom stereocenters. The quantitative estimate of drug-likeness (QED) is 0.614. The van der Waals surface area contributed by atoms with Crippen LogP contribution >= 0.6 is 15.9 Å². The lowest BCUT2D eigenvalue weighted by Crippen LogP contribution is -2.06. The highest BCUT2D eigenvalue weighted by Crippen LogP contribution is 2.21. The van der Waals surface area contributed by atoms with Crippen LogP contribution < -0.4 is 5.32 Å². The van der Waals surface area contributed by atoms with E-state index in [2.05, 4.69) is 38.1 Å². The highest BCUT2D eigenvalue weighted by Gasteiger charge is 2.06. The maximum absolute atomic E-state index is 8.79. The fourth-order valence-electron chi connectivity index (χ4n) is 2.13. The van der Waals surface area contributed by atoms with E-state index in [1.54, 1.807) is 0 Å². The van der Waals surface area contributed by atoms with Crippen LogP contribution in [0.2, 0.25) is 0 Å². The zero-order valence-corrected chi connectivity index (χ0v) is 16.4. The molecule has 0 spiro atoms. The fraction of sp³-hybridized carbons (Fsp3) is 0.474. The minimum Gasteiger partial charge on any atom is -0.396 e. The Kier molecular flexibility index (Phi) is 10.3. The summed E-state index contributed by atoms with van der Waals surface area (Å²) in [5.74, 6) is 1.62. The van der Waals surface area contributed by atoms with Gasteiger partial charge < -0.3 is 10.4 Å². The van der Waals surface area contributed by atoms with Crippen LogP contribution in [-0.4, -0.2) is 28.2 Å². The second-order valence-electron chi connectivity index (χ2n) is 5.14. The van der Waals surface area contributed by atoms with Crippen molar-refractivity contribution in [1.29, 1.82) is 0 Å². The summed E-state index contributed by atoms with van der Waals surface area (Å²) in [6, 6.07) is 10.0. The number of nitrogens with zero attached hydrogens (tertiary/aromatic N) is 2. The van der Waals surface area contributed by atoms with Gasteiger partial charge in [-0.2, -0.15) is 0 Å². The van der Waals surface area contributed by atoms with Crippen LogP contribution in [0, 0.1) is 0 Å². The second-order valence-corrected chi connectivity index (χ2v) is 6.06. The first-order chi connectivity index (χ1) is 11.7. The number of unbranched alkanes of at least 4 members (excludes halogenated alkanes) is 2. The Hall–Kier alpha value is -1.46. The van der Waals surface area contributed by atoms with Crippen LogP contribution in [0.4, 0.5) is 5.82 Å². The third kappa shape index (κ3) is 6.97. The molecular formula is C19H28BrN3O. The Labute approximate surface area is 153 Å². The van der Waals surface area contributed by atoms with Crippen molar-refractivity contribution in [3.63, 3.8) is 0 Å². The molecule has 0 fully saturated rings. The standard InChI is InChI=1S/C17H22BrN3O.C2H6/c1-2-15-12-16(19-10-4-3-5-11-22)21-17(20-15)13-6-8-14(18)9-7-13;1-2/h6-9,12,22H,2-5,10-11H2,1H3,(H,19,20,21);1-2H3. The number of rotatable bonds is 8. The smallest absolute Gasteiger partial charge is 0.161 e. The largest absolute Gasteiger partial charge is 0.396 e. The molecule has 2 N–H and O–H groups in total. The van der Waals surface area contributed by atoms with Gasteiger partial charge in [0.05, 0.1) is 0 Å². The molecule has 132 valence electrons. The van der Waals surface area contributed by atoms with Gasteiger partial charge in [0.25, 0.3) is 0 Å². The van der Waals surface area contributed by atoms with Crippen molar-refractivity contribution < 1.29 is 5.11 Å². The Bertz CT molecular complexity index is 588. The molecule has 4 nitrogen and oxygen atoms in total. The fourth-order valence-corrected chi connectivity index (χ4v) is 2.39. The van der Waals surface area contributed by atoms with Gasteiger partial charge in [-0.3, -0.25) is 0 Å². The highest BCUT2D eigenvalue weighted by molar-refractivity contribution is 9.10. The van der Waals surface area contributed by atoms with Crippen molar-refractivity contribution in [1.82, 2.24) is 9.97 Å². The number of aliphatic hydroxyl groups excluding tert-OH is 1. The van der Waals surface area contributed by atoms with Gasteiger partial charge in [0.2, 0.25) is 0 Å². The summed E-state index contributed by atoms with van der Waals surface area (Å²) in [7, 11) is 0. The molecule has 1 heterocycles. The molecule has 5 heteroatoms. The number of aliphatic hydroxyl groups is 1. The number of benzene rings is 1. The third-order valence-electron chi connectivity index (χ3n) is 3.38. The van der Waals surface area contributed by atoms with E-state index in [9.17, 15) is 0 Å². The molecule has 0 aliphatic rings. The first-order valence-corrected chi connectivity index (χ1v) is 9.51. The average Bonchev–Trinajstić information content (AvgIpc) is 2.63. The van der Waals surface area contributed by atoms with Gasteiger partial charge in [-0.1, -0.05) is 48.8 Å². The van der Waals surface area contributed by atoms with Gasteiger partial charge in [0.15, 0.2) is 5.82 Å². The summed E-state index contributed by atoms with van der Waals surface area (Å²) >= 11 is 3.44. The van der Waals surface area contributed by atoms with E-state index in [0.29, 0.717) is 0 Å². The number of aryl methyl sites for hydroxylation is 1. The van der Waals surface area contributed by atoms with Crippen molar-refractivity contribution in [3.05, 3.63) is 40.5 Å². The van der Waals surface area contributed by atoms with E-state index in [0.717, 1.165) is 59.6 Å². The maximum atomic E-state index is 8.79. The van der Waals surface area contributed by atoms with Crippen molar-refractivity contribution in [3.8, 4) is 11.4 Å². The van der Waals surface area contributed by atoms with Crippen LogP contribution in [0.3, 0.4) is 0 Å². The molecule has 0 atom stereocenters. The summed E-state index contributed by atoms with van der Waals surface area (Å²) in [6.07, 6.45) is 3.79. The van der Waals surface area contributed by atoms with Crippen molar-refractivity contribution in [2.24, 2.45) is 0 Å². The van der Waals surface area contributed by atoms with E-state index < -0.39 is 0 Å². The zero-order valence-electron chi connectivity index (χ0n) is 14.8. The third-order valence-corrected chi connectivity index (χ3v) is 3.91. The molecule has 0 bridgehead atoms. The topological polar surface area (TPSA) is 58.0 Å². The number of anilines is 1. The number of nitrogens with one attached hydrogen (secondary N) is 1. The number of aromatic nitrogens is 2. The number of hydrogen-bond acceptors (Lipinski definition) is 4. The van der Waals surface area contributed by atoms with Gasteiger partial charge >= 0.3 is 0 Å². The molecule has 1 aromatic carbocycles. The van der Waals surface area contributed by atoms with Gasteiger partial charge in [-0.25, -0.2) is 9.97 Å². The van der Waals surface area contributed by atoms with Crippen LogP contribution in [0.5, 0.6) is 0 Å². The Morgan fingerprint density at radius 3 is 2.38 bits per heavy atom. The summed E-state index contributed by atoms with van der Waals surface area (Å²) in [5, 5.41) is 12.1. The van der Waals surface area contributed by atoms with Gasteiger partial charge in [0, 0.05) is 34.9 Å². The molecule has 0 saturated heterocycles. The first-order valence-electron chi connectivity index (χ1n) is 8.71. The maximum Gasteiger partial charge on any atom is 0.161 e. The Morgan fingerprint density at radius 2 is 1.75 bits per heavy atom. The molecule has 2 aromatic rings. The monoisotopic (exact) mass is 393 g/mol. The van der Waals surface area contributed by atoms with Crippen LogP contribution in [0.15, 0.2) is 34.8 Å². The summed E-state index contributed by atoms with van der Waals surface area (Å²) in [6.45, 7) is 7.22. The van der Waals surface area contributed by atoms with Crippen LogP contribution in [-0.2, 0) is 6.42 Å². The van der Waals surface area contributed by atoms with Gasteiger partial charge in [0.1, 0.15) is 5.82 Å². The molecule has 1 aromatic heterocycles. The molecule has 0 saturated carbocycles. The second kappa shape index (κ2) is 12.0. The highest BCUT2D eigenvalue weighted by atomic mass is 79.9. The van der Waals surface area contributed by atoms with E-state index in [1.807, 2.05) is 44.2 Å². The Balaban J connectivity index is 0.00000139. The molecule has 24 heavy (non-hydrogen) atoms. The van der Waals surface area contributed by atoms with E-state index >= 15 is 0 Å². The lowest BCUT2D eigenvalue weighted by Gasteiger charge is -2.09. The lowest BCUT2D eigenvalue weighted by atomic mass is 10.2. The van der Waals surface area contributed by atoms with E-state index in [4.69, 9.17) is 5.11 Å². The molecule has 0 aliphatic heterocycles. The molecule has 0 radical (unpaired) electrons. The molecule has 2 rings (SSSR count). The summed E-state index contributed by atoms with van der Waals surface area (Å²) < 4.78 is 1.05. The van der Waals surface area contributed by atoms with Crippen LogP contribution in [0.25, 0.3) is 11.4 Å². The lowest BCUT2D eigenvalue weighted by molar-refractivity contribution is 0.283. The predicted octanol–water partition coefficient (Wildman–Crippen LogP) is 5.07. The SMILES string of the molecule is CC.CCc1cc(NCCCCCO)nc(-c2ccc(Br)cc2)n1. The minimum atomic E-state index is 0.265. The first kappa shape index (κ1) is 20.6. The van der Waals surface area contributed by atoms with E-state index in [-0.39, 0.29) is 6.61 Å². The minimum absolute atomic E-state index is 0.265. The van der Waals surface area contributed by atoms with Gasteiger partial charge in [-0.05, 0) is 37.8 Å². The predicted molar refractivity (Wildman–Crippen MR) is 105 cm³/mol. The average molecular weight is 394 g/mol. The van der Waals surface area contributed by atoms with E-state index in [1.165, 1.54) is 0 Å². The van der Waals surface area contributed by atoms with Crippen LogP contribution in [0.1, 0.15) is 45.7 Å². The summed E-state index contributed by atoms with van der Waals surface area (Å²) in [5.41, 5.74) is 2.05. The van der Waals surface area contributed by atoms with Crippen molar-refractivity contribution in [2.75, 3.05) is 18.5 Å². The van der Waals surface area contributed by atoms with Crippen molar-refractivity contribution >= 4 is 21.7 Å². The summed E-state index contributed by atoms with van der Waals surface area (Å²) in [4.78, 5) is 9.22. The number of halogens is 1. The normalized spacial score (nSPS) is 10.0. The number of hydrogen-bond donors (Lipinski definition) is 2. The molecular weight excluding hydrogens is 366 g/mol. The zero-order chi connectivity index (χ0) is 17.8. The van der Waals surface area contributed by atoms with Gasteiger partial charge in [-0.15, -0.1) is 0 Å². The Morgan fingerprint density at radius 1 is 1.04 bits per heavy atom. The molecule has 0 amide bonds.